The summed E-state index contributed by atoms with van der Waals surface area (Å²) in [6, 6.07) is 14.1. The Morgan fingerprint density at radius 1 is 1.10 bits per heavy atom. The van der Waals surface area contributed by atoms with E-state index in [1.165, 1.54) is 0 Å². The number of amides is 1. The molecule has 2 rings (SSSR count). The third-order valence-electron chi connectivity index (χ3n) is 3.72. The van der Waals surface area contributed by atoms with Crippen molar-refractivity contribution in [3.63, 3.8) is 0 Å². The number of carbonyl (C=O) groups excluding carboxylic acids is 1. The summed E-state index contributed by atoms with van der Waals surface area (Å²) < 4.78 is 0. The Morgan fingerprint density at radius 2 is 1.86 bits per heavy atom. The van der Waals surface area contributed by atoms with Crippen LogP contribution in [0.1, 0.15) is 40.0 Å². The van der Waals surface area contributed by atoms with Crippen LogP contribution in [-0.2, 0) is 0 Å². The highest BCUT2D eigenvalue weighted by Crippen LogP contribution is 2.19. The lowest BCUT2D eigenvalue weighted by molar-refractivity contribution is 0.102. The maximum Gasteiger partial charge on any atom is 0.255 e. The van der Waals surface area contributed by atoms with Gasteiger partial charge in [-0.1, -0.05) is 29.8 Å². The van der Waals surface area contributed by atoms with Crippen LogP contribution in [0.25, 0.3) is 0 Å². The predicted octanol–water partition coefficient (Wildman–Crippen LogP) is 3.84. The first kappa shape index (κ1) is 15.3. The Kier molecular flexibility index (Phi) is 4.76. The number of nitrogens with one attached hydrogen (secondary N) is 2. The molecular formula is C18H22N2O. The van der Waals surface area contributed by atoms with Gasteiger partial charge in [0.25, 0.3) is 5.91 Å². The number of benzene rings is 2. The molecule has 0 aromatic heterocycles. The number of hydrogen-bond acceptors (Lipinski definition) is 2. The summed E-state index contributed by atoms with van der Waals surface area (Å²) in [5.74, 6) is -0.0644. The molecule has 1 amide bonds. The zero-order valence-electron chi connectivity index (χ0n) is 13.0. The lowest BCUT2D eigenvalue weighted by Gasteiger charge is -2.13. The fourth-order valence-corrected chi connectivity index (χ4v) is 2.23. The first-order valence-electron chi connectivity index (χ1n) is 7.17. The van der Waals surface area contributed by atoms with Crippen molar-refractivity contribution in [1.29, 1.82) is 0 Å². The maximum atomic E-state index is 12.4. The molecule has 0 saturated heterocycles. The van der Waals surface area contributed by atoms with Crippen molar-refractivity contribution in [3.8, 4) is 0 Å². The third-order valence-corrected chi connectivity index (χ3v) is 3.72. The van der Waals surface area contributed by atoms with Gasteiger partial charge in [0.2, 0.25) is 0 Å². The SMILES string of the molecule is CNC(C)c1cccc(NC(=O)c2cc(C)ccc2C)c1. The maximum absolute atomic E-state index is 12.4. The Labute approximate surface area is 126 Å². The molecule has 2 N–H and O–H groups in total. The van der Waals surface area contributed by atoms with Gasteiger partial charge >= 0.3 is 0 Å². The van der Waals surface area contributed by atoms with Crippen LogP contribution in [0, 0.1) is 13.8 Å². The number of rotatable bonds is 4. The number of aryl methyl sites for hydroxylation is 2. The molecular weight excluding hydrogens is 260 g/mol. The van der Waals surface area contributed by atoms with Crippen molar-refractivity contribution in [2.45, 2.75) is 26.8 Å². The molecule has 110 valence electrons. The Morgan fingerprint density at radius 3 is 2.57 bits per heavy atom. The van der Waals surface area contributed by atoms with Crippen LogP contribution < -0.4 is 10.6 Å². The molecule has 2 aromatic carbocycles. The molecule has 1 unspecified atom stereocenters. The van der Waals surface area contributed by atoms with Crippen LogP contribution in [0.15, 0.2) is 42.5 Å². The molecule has 3 heteroatoms. The minimum Gasteiger partial charge on any atom is -0.322 e. The second-order valence-corrected chi connectivity index (χ2v) is 5.41. The van der Waals surface area contributed by atoms with Crippen LogP contribution in [0.5, 0.6) is 0 Å². The molecule has 2 aromatic rings. The van der Waals surface area contributed by atoms with Crippen molar-refractivity contribution in [1.82, 2.24) is 5.32 Å². The smallest absolute Gasteiger partial charge is 0.255 e. The van der Waals surface area contributed by atoms with Gasteiger partial charge in [0.15, 0.2) is 0 Å². The van der Waals surface area contributed by atoms with Gasteiger partial charge in [-0.2, -0.15) is 0 Å². The fourth-order valence-electron chi connectivity index (χ4n) is 2.23. The van der Waals surface area contributed by atoms with E-state index in [2.05, 4.69) is 23.6 Å². The van der Waals surface area contributed by atoms with Crippen LogP contribution in [0.3, 0.4) is 0 Å². The van der Waals surface area contributed by atoms with E-state index in [1.807, 2.05) is 57.3 Å². The average Bonchev–Trinajstić information content (AvgIpc) is 2.49. The van der Waals surface area contributed by atoms with E-state index in [0.717, 1.165) is 27.9 Å². The van der Waals surface area contributed by atoms with Gasteiger partial charge in [0, 0.05) is 17.3 Å². The second-order valence-electron chi connectivity index (χ2n) is 5.41. The Hall–Kier alpha value is -2.13. The van der Waals surface area contributed by atoms with Crippen molar-refractivity contribution in [3.05, 3.63) is 64.7 Å². The summed E-state index contributed by atoms with van der Waals surface area (Å²) in [5, 5.41) is 6.18. The monoisotopic (exact) mass is 282 g/mol. The molecule has 0 heterocycles. The first-order chi connectivity index (χ1) is 10.0. The van der Waals surface area contributed by atoms with E-state index >= 15 is 0 Å². The highest BCUT2D eigenvalue weighted by atomic mass is 16.1. The second kappa shape index (κ2) is 6.55. The average molecular weight is 282 g/mol. The molecule has 0 aliphatic rings. The van der Waals surface area contributed by atoms with E-state index in [1.54, 1.807) is 0 Å². The zero-order chi connectivity index (χ0) is 15.4. The van der Waals surface area contributed by atoms with Gasteiger partial charge in [-0.05, 0) is 57.1 Å². The van der Waals surface area contributed by atoms with Gasteiger partial charge in [0.1, 0.15) is 0 Å². The van der Waals surface area contributed by atoms with Crippen molar-refractivity contribution in [2.24, 2.45) is 0 Å². The van der Waals surface area contributed by atoms with Gasteiger partial charge in [-0.3, -0.25) is 4.79 Å². The Bertz CT molecular complexity index is 649. The summed E-state index contributed by atoms with van der Waals surface area (Å²) in [7, 11) is 1.92. The van der Waals surface area contributed by atoms with E-state index in [9.17, 15) is 4.79 Å². The summed E-state index contributed by atoms with van der Waals surface area (Å²) in [6.45, 7) is 6.03. The van der Waals surface area contributed by atoms with Crippen molar-refractivity contribution in [2.75, 3.05) is 12.4 Å². The van der Waals surface area contributed by atoms with E-state index in [0.29, 0.717) is 0 Å². The lowest BCUT2D eigenvalue weighted by Crippen LogP contribution is -2.15. The van der Waals surface area contributed by atoms with Crippen LogP contribution in [0.4, 0.5) is 5.69 Å². The summed E-state index contributed by atoms with van der Waals surface area (Å²) in [4.78, 5) is 12.4. The highest BCUT2D eigenvalue weighted by Gasteiger charge is 2.10. The van der Waals surface area contributed by atoms with Gasteiger partial charge in [-0.25, -0.2) is 0 Å². The van der Waals surface area contributed by atoms with Crippen LogP contribution >= 0.6 is 0 Å². The van der Waals surface area contributed by atoms with Crippen molar-refractivity contribution >= 4 is 11.6 Å². The van der Waals surface area contributed by atoms with Gasteiger partial charge in [-0.15, -0.1) is 0 Å². The molecule has 0 saturated carbocycles. The molecule has 21 heavy (non-hydrogen) atoms. The predicted molar refractivity (Wildman–Crippen MR) is 87.8 cm³/mol. The lowest BCUT2D eigenvalue weighted by atomic mass is 10.0. The highest BCUT2D eigenvalue weighted by molar-refractivity contribution is 6.05. The normalized spacial score (nSPS) is 12.0. The number of anilines is 1. The minimum absolute atomic E-state index is 0.0644. The minimum atomic E-state index is -0.0644. The standard InChI is InChI=1S/C18H22N2O/c1-12-8-9-13(2)17(10-12)18(21)20-16-7-5-6-15(11-16)14(3)19-4/h5-11,14,19H,1-4H3,(H,20,21). The molecule has 0 spiro atoms. The van der Waals surface area contributed by atoms with Gasteiger partial charge in [0.05, 0.1) is 0 Å². The van der Waals surface area contributed by atoms with Crippen LogP contribution in [0.2, 0.25) is 0 Å². The Balaban J connectivity index is 2.21. The number of hydrogen-bond donors (Lipinski definition) is 2. The summed E-state index contributed by atoms with van der Waals surface area (Å²) in [5.41, 5.74) is 4.76. The van der Waals surface area contributed by atoms with Crippen molar-refractivity contribution < 1.29 is 4.79 Å². The van der Waals surface area contributed by atoms with E-state index in [4.69, 9.17) is 0 Å². The van der Waals surface area contributed by atoms with E-state index in [-0.39, 0.29) is 11.9 Å². The molecule has 0 aliphatic carbocycles. The van der Waals surface area contributed by atoms with E-state index < -0.39 is 0 Å². The fraction of sp³-hybridized carbons (Fsp3) is 0.278. The number of carbonyl (C=O) groups is 1. The summed E-state index contributed by atoms with van der Waals surface area (Å²) >= 11 is 0. The molecule has 3 nitrogen and oxygen atoms in total. The van der Waals surface area contributed by atoms with Crippen LogP contribution in [-0.4, -0.2) is 13.0 Å². The molecule has 0 radical (unpaired) electrons. The largest absolute Gasteiger partial charge is 0.322 e. The molecule has 0 bridgehead atoms. The topological polar surface area (TPSA) is 41.1 Å². The first-order valence-corrected chi connectivity index (χ1v) is 7.17. The summed E-state index contributed by atoms with van der Waals surface area (Å²) in [6.07, 6.45) is 0. The molecule has 0 aliphatic heterocycles. The third kappa shape index (κ3) is 3.70. The molecule has 1 atom stereocenters. The van der Waals surface area contributed by atoms with Gasteiger partial charge < -0.3 is 10.6 Å². The quantitative estimate of drug-likeness (QED) is 0.894. The molecule has 0 fully saturated rings. The zero-order valence-corrected chi connectivity index (χ0v) is 13.0.